The van der Waals surface area contributed by atoms with Crippen molar-refractivity contribution in [1.29, 1.82) is 0 Å². The zero-order chi connectivity index (χ0) is 24.8. The second-order valence-corrected chi connectivity index (χ2v) is 9.45. The summed E-state index contributed by atoms with van der Waals surface area (Å²) < 4.78 is 0. The average Bonchev–Trinajstić information content (AvgIpc) is 3.52. The molecule has 7 rings (SSSR count). The number of nitrogens with zero attached hydrogens (tertiary/aromatic N) is 4. The Morgan fingerprint density at radius 2 is 1.68 bits per heavy atom. The lowest BCUT2D eigenvalue weighted by atomic mass is 9.85. The molecule has 1 fully saturated rings. The Morgan fingerprint density at radius 3 is 2.51 bits per heavy atom. The van der Waals surface area contributed by atoms with Crippen LogP contribution in [0.4, 0.5) is 5.69 Å². The largest absolute Gasteiger partial charge is 0.353 e. The summed E-state index contributed by atoms with van der Waals surface area (Å²) in [6, 6.07) is 16.1. The summed E-state index contributed by atoms with van der Waals surface area (Å²) in [6.07, 6.45) is 11.9. The van der Waals surface area contributed by atoms with Gasteiger partial charge in [0.1, 0.15) is 5.69 Å². The van der Waals surface area contributed by atoms with Crippen molar-refractivity contribution in [3.8, 4) is 33.8 Å². The molecule has 6 aromatic rings. The predicted octanol–water partition coefficient (Wildman–Crippen LogP) is 5.97. The highest BCUT2D eigenvalue weighted by Crippen LogP contribution is 2.35. The number of pyridine rings is 3. The number of nitrogens with one attached hydrogen (secondary N) is 3. The van der Waals surface area contributed by atoms with Crippen LogP contribution in [-0.4, -0.2) is 36.0 Å². The molecular weight excluding hydrogens is 462 g/mol. The number of amides is 1. The number of H-pyrrole nitrogens is 2. The van der Waals surface area contributed by atoms with E-state index in [1.54, 1.807) is 18.6 Å². The summed E-state index contributed by atoms with van der Waals surface area (Å²) in [6.45, 7) is 0. The van der Waals surface area contributed by atoms with Crippen molar-refractivity contribution in [1.82, 2.24) is 30.1 Å². The van der Waals surface area contributed by atoms with E-state index in [1.807, 2.05) is 48.8 Å². The van der Waals surface area contributed by atoms with Crippen molar-refractivity contribution in [3.63, 3.8) is 0 Å². The Hall–Kier alpha value is -4.85. The van der Waals surface area contributed by atoms with Gasteiger partial charge in [-0.25, -0.2) is 0 Å². The molecule has 0 bridgehead atoms. The van der Waals surface area contributed by atoms with Crippen LogP contribution in [0.3, 0.4) is 0 Å². The Bertz CT molecular complexity index is 1770. The number of carbonyl (C=O) groups excluding carboxylic acids is 1. The molecule has 0 aliphatic heterocycles. The fourth-order valence-electron chi connectivity index (χ4n) is 4.90. The van der Waals surface area contributed by atoms with Crippen molar-refractivity contribution in [3.05, 3.63) is 79.5 Å². The fraction of sp³-hybridized carbons (Fsp3) is 0.138. The van der Waals surface area contributed by atoms with Gasteiger partial charge in [-0.1, -0.05) is 12.5 Å². The third-order valence-corrected chi connectivity index (χ3v) is 7.13. The lowest BCUT2D eigenvalue weighted by molar-refractivity contribution is -0.122. The summed E-state index contributed by atoms with van der Waals surface area (Å²) in [4.78, 5) is 29.0. The van der Waals surface area contributed by atoms with E-state index in [9.17, 15) is 4.79 Å². The lowest BCUT2D eigenvalue weighted by Gasteiger charge is -2.24. The van der Waals surface area contributed by atoms with Crippen LogP contribution in [0.1, 0.15) is 19.3 Å². The quantitative estimate of drug-likeness (QED) is 0.279. The van der Waals surface area contributed by atoms with E-state index in [2.05, 4.69) is 47.6 Å². The van der Waals surface area contributed by atoms with Crippen molar-refractivity contribution < 1.29 is 4.79 Å². The van der Waals surface area contributed by atoms with Gasteiger partial charge in [-0.15, -0.1) is 0 Å². The average molecular weight is 486 g/mol. The highest BCUT2D eigenvalue weighted by atomic mass is 16.1. The van der Waals surface area contributed by atoms with E-state index >= 15 is 0 Å². The summed E-state index contributed by atoms with van der Waals surface area (Å²) in [7, 11) is 0. The molecule has 0 unspecified atom stereocenters. The summed E-state index contributed by atoms with van der Waals surface area (Å²) in [5.41, 5.74) is 8.22. The van der Waals surface area contributed by atoms with Gasteiger partial charge in [0.15, 0.2) is 0 Å². The molecule has 8 nitrogen and oxygen atoms in total. The Balaban J connectivity index is 1.26. The Morgan fingerprint density at radius 1 is 0.811 bits per heavy atom. The third-order valence-electron chi connectivity index (χ3n) is 7.13. The van der Waals surface area contributed by atoms with Gasteiger partial charge in [0.05, 0.1) is 28.8 Å². The molecule has 1 aliphatic carbocycles. The van der Waals surface area contributed by atoms with Crippen LogP contribution in [0.5, 0.6) is 0 Å². The minimum Gasteiger partial charge on any atom is -0.353 e. The van der Waals surface area contributed by atoms with E-state index in [0.29, 0.717) is 5.69 Å². The molecule has 1 aliphatic rings. The van der Waals surface area contributed by atoms with Crippen molar-refractivity contribution in [2.75, 3.05) is 5.32 Å². The standard InChI is InChI=1S/C29H23N7O/c37-29(18-2-1-3-18)33-21-12-20(15-31-16-21)19-4-5-25-22(13-19)28(36-35-25)26-14-23-24(34-26)8-11-32-27(23)17-6-9-30-10-7-17/h4-16,18,34H,1-3H2,(H,33,37)(H,35,36). The third kappa shape index (κ3) is 3.83. The van der Waals surface area contributed by atoms with Gasteiger partial charge in [-0.05, 0) is 60.9 Å². The zero-order valence-electron chi connectivity index (χ0n) is 19.9. The van der Waals surface area contributed by atoms with Gasteiger partial charge in [0.2, 0.25) is 5.91 Å². The molecular formula is C29H23N7O. The smallest absolute Gasteiger partial charge is 0.227 e. The first kappa shape index (κ1) is 21.4. The van der Waals surface area contributed by atoms with E-state index in [0.717, 1.165) is 74.8 Å². The SMILES string of the molecule is O=C(Nc1cncc(-c2ccc3[nH]nc(-c4cc5c(-c6ccncc6)nccc5[nH]4)c3c2)c1)C1CCC1. The van der Waals surface area contributed by atoms with Gasteiger partial charge in [0.25, 0.3) is 0 Å². The number of hydrogen-bond acceptors (Lipinski definition) is 5. The number of aromatic amines is 2. The van der Waals surface area contributed by atoms with Gasteiger partial charge >= 0.3 is 0 Å². The molecule has 5 heterocycles. The van der Waals surface area contributed by atoms with Crippen molar-refractivity contribution >= 4 is 33.4 Å². The minimum absolute atomic E-state index is 0.0807. The number of benzene rings is 1. The van der Waals surface area contributed by atoms with Crippen molar-refractivity contribution in [2.45, 2.75) is 19.3 Å². The number of rotatable bonds is 5. The molecule has 3 N–H and O–H groups in total. The normalized spacial score (nSPS) is 13.6. The molecule has 1 amide bonds. The second-order valence-electron chi connectivity index (χ2n) is 9.45. The van der Waals surface area contributed by atoms with E-state index in [4.69, 9.17) is 0 Å². The van der Waals surface area contributed by atoms with Gasteiger partial charge in [-0.2, -0.15) is 5.10 Å². The summed E-state index contributed by atoms with van der Waals surface area (Å²) >= 11 is 0. The molecule has 1 aromatic carbocycles. The maximum absolute atomic E-state index is 12.4. The highest BCUT2D eigenvalue weighted by Gasteiger charge is 2.25. The van der Waals surface area contributed by atoms with Crippen LogP contribution in [0.15, 0.2) is 79.5 Å². The molecule has 37 heavy (non-hydrogen) atoms. The lowest BCUT2D eigenvalue weighted by Crippen LogP contribution is -2.28. The zero-order valence-corrected chi connectivity index (χ0v) is 19.9. The molecule has 0 saturated heterocycles. The highest BCUT2D eigenvalue weighted by molar-refractivity contribution is 6.01. The number of carbonyl (C=O) groups is 1. The van der Waals surface area contributed by atoms with Crippen LogP contribution in [0.2, 0.25) is 0 Å². The van der Waals surface area contributed by atoms with E-state index in [-0.39, 0.29) is 11.8 Å². The first-order chi connectivity index (χ1) is 18.2. The molecule has 8 heteroatoms. The van der Waals surface area contributed by atoms with Crippen LogP contribution in [0, 0.1) is 5.92 Å². The van der Waals surface area contributed by atoms with Crippen LogP contribution < -0.4 is 5.32 Å². The molecule has 1 saturated carbocycles. The van der Waals surface area contributed by atoms with Crippen molar-refractivity contribution in [2.24, 2.45) is 5.92 Å². The predicted molar refractivity (Wildman–Crippen MR) is 144 cm³/mol. The first-order valence-corrected chi connectivity index (χ1v) is 12.4. The molecule has 180 valence electrons. The molecule has 0 spiro atoms. The number of fused-ring (bicyclic) bond motifs is 2. The molecule has 0 radical (unpaired) electrons. The second kappa shape index (κ2) is 8.67. The fourth-order valence-corrected chi connectivity index (χ4v) is 4.90. The van der Waals surface area contributed by atoms with Crippen LogP contribution in [-0.2, 0) is 4.79 Å². The van der Waals surface area contributed by atoms with Crippen LogP contribution in [0.25, 0.3) is 55.6 Å². The summed E-state index contributed by atoms with van der Waals surface area (Å²) in [5, 5.41) is 12.8. The summed E-state index contributed by atoms with van der Waals surface area (Å²) in [5.74, 6) is 0.205. The van der Waals surface area contributed by atoms with E-state index < -0.39 is 0 Å². The van der Waals surface area contributed by atoms with E-state index in [1.165, 1.54) is 0 Å². The maximum atomic E-state index is 12.4. The minimum atomic E-state index is 0.0807. The van der Waals surface area contributed by atoms with Gasteiger partial charge < -0.3 is 10.3 Å². The molecule has 0 atom stereocenters. The topological polar surface area (TPSA) is 112 Å². The Labute approximate surface area is 212 Å². The number of anilines is 1. The maximum Gasteiger partial charge on any atom is 0.227 e. The van der Waals surface area contributed by atoms with Gasteiger partial charge in [0, 0.05) is 58.1 Å². The van der Waals surface area contributed by atoms with Gasteiger partial charge in [-0.3, -0.25) is 24.8 Å². The number of hydrogen-bond donors (Lipinski definition) is 3. The first-order valence-electron chi connectivity index (χ1n) is 12.4. The molecule has 5 aromatic heterocycles. The number of aromatic nitrogens is 6. The monoisotopic (exact) mass is 485 g/mol. The Kier molecular flexibility index (Phi) is 5.02. The van der Waals surface area contributed by atoms with Crippen LogP contribution >= 0.6 is 0 Å².